The smallest absolute Gasteiger partial charge is 0.240 e. The van der Waals surface area contributed by atoms with Crippen molar-refractivity contribution in [3.05, 3.63) is 42.0 Å². The maximum absolute atomic E-state index is 13.3. The van der Waals surface area contributed by atoms with E-state index in [-0.39, 0.29) is 17.9 Å². The van der Waals surface area contributed by atoms with E-state index in [1.807, 2.05) is 18.2 Å². The summed E-state index contributed by atoms with van der Waals surface area (Å²) in [7, 11) is 0. The second-order valence-electron chi connectivity index (χ2n) is 9.13. The van der Waals surface area contributed by atoms with Crippen molar-refractivity contribution in [3.63, 3.8) is 0 Å². The highest BCUT2D eigenvalue weighted by Gasteiger charge is 2.49. The molecule has 4 rings (SSSR count). The number of ether oxygens (including phenoxy) is 2. The van der Waals surface area contributed by atoms with Crippen LogP contribution in [0.3, 0.4) is 0 Å². The minimum atomic E-state index is -1.41. The molecule has 3 aliphatic rings. The number of thioether (sulfide) groups is 1. The summed E-state index contributed by atoms with van der Waals surface area (Å²) in [6.45, 7) is 2.74. The third-order valence-electron chi connectivity index (χ3n) is 6.92. The number of aliphatic hydroxyl groups is 3. The lowest BCUT2D eigenvalue weighted by molar-refractivity contribution is -0.205. The van der Waals surface area contributed by atoms with E-state index in [9.17, 15) is 20.1 Å². The monoisotopic (exact) mass is 512 g/mol. The molecule has 0 aromatic heterocycles. The van der Waals surface area contributed by atoms with Gasteiger partial charge in [-0.15, -0.1) is 23.4 Å². The molecule has 188 valence electrons. The van der Waals surface area contributed by atoms with Gasteiger partial charge >= 0.3 is 0 Å². The van der Waals surface area contributed by atoms with Crippen molar-refractivity contribution < 1.29 is 29.6 Å². The summed E-state index contributed by atoms with van der Waals surface area (Å²) in [5, 5.41) is 36.6. The topological polar surface area (TPSA) is 120 Å². The molecular weight excluding hydrogens is 480 g/mol. The second-order valence-corrected chi connectivity index (χ2v) is 10.8. The molecule has 0 saturated carbocycles. The van der Waals surface area contributed by atoms with Crippen LogP contribution in [0.15, 0.2) is 36.4 Å². The Bertz CT molecular complexity index is 872. The van der Waals surface area contributed by atoms with E-state index in [2.05, 4.69) is 28.8 Å². The third-order valence-corrected chi connectivity index (χ3v) is 8.04. The number of alkyl halides is 1. The van der Waals surface area contributed by atoms with Gasteiger partial charge in [-0.3, -0.25) is 4.79 Å². The van der Waals surface area contributed by atoms with Crippen LogP contribution in [0.5, 0.6) is 0 Å². The second kappa shape index (κ2) is 11.3. The molecule has 8 nitrogen and oxygen atoms in total. The Kier molecular flexibility index (Phi) is 8.58. The van der Waals surface area contributed by atoms with E-state index in [1.54, 1.807) is 13.2 Å². The summed E-state index contributed by atoms with van der Waals surface area (Å²) in [4.78, 5) is 13.3. The first kappa shape index (κ1) is 25.9. The van der Waals surface area contributed by atoms with Crippen LogP contribution in [-0.2, 0) is 14.3 Å². The fourth-order valence-electron chi connectivity index (χ4n) is 5.04. The fourth-order valence-corrected chi connectivity index (χ4v) is 5.92. The number of rotatable bonds is 6. The number of nitrogens with one attached hydrogen (secondary N) is 2. The summed E-state index contributed by atoms with van der Waals surface area (Å²) in [6, 6.07) is 8.79. The van der Waals surface area contributed by atoms with Gasteiger partial charge < -0.3 is 35.4 Å². The number of allylic oxidation sites excluding steroid dienone is 1. The average Bonchev–Trinajstić information content (AvgIpc) is 3.11. The number of aliphatic hydroxyl groups excluding tert-OH is 3. The van der Waals surface area contributed by atoms with Crippen LogP contribution in [-0.4, -0.2) is 94.1 Å². The minimum Gasteiger partial charge on any atom is -0.388 e. The lowest BCUT2D eigenvalue weighted by Gasteiger charge is -2.44. The summed E-state index contributed by atoms with van der Waals surface area (Å²) in [5.74, 6) is -0.170. The zero-order valence-corrected chi connectivity index (χ0v) is 20.8. The average molecular weight is 513 g/mol. The molecule has 1 aromatic rings. The lowest BCUT2D eigenvalue weighted by atomic mass is 9.90. The van der Waals surface area contributed by atoms with Gasteiger partial charge in [0.1, 0.15) is 35.9 Å². The molecule has 0 bridgehead atoms. The number of carbonyl (C=O) groups is 1. The lowest BCUT2D eigenvalue weighted by Crippen LogP contribution is -2.65. The summed E-state index contributed by atoms with van der Waals surface area (Å²) >= 11 is 7.62. The van der Waals surface area contributed by atoms with Gasteiger partial charge in [0.15, 0.2) is 0 Å². The Morgan fingerprint density at radius 3 is 2.62 bits per heavy atom. The van der Waals surface area contributed by atoms with E-state index in [1.165, 1.54) is 17.3 Å². The highest BCUT2D eigenvalue weighted by atomic mass is 35.5. The Morgan fingerprint density at radius 2 is 1.94 bits per heavy atom. The van der Waals surface area contributed by atoms with Gasteiger partial charge in [-0.2, -0.15) is 0 Å². The van der Waals surface area contributed by atoms with Crippen LogP contribution >= 0.6 is 23.4 Å². The molecule has 34 heavy (non-hydrogen) atoms. The molecule has 0 spiro atoms. The van der Waals surface area contributed by atoms with E-state index in [0.717, 1.165) is 12.0 Å². The van der Waals surface area contributed by atoms with Crippen LogP contribution < -0.4 is 10.6 Å². The highest BCUT2D eigenvalue weighted by Crippen LogP contribution is 2.33. The molecular formula is C24H33ClN2O6S. The quantitative estimate of drug-likeness (QED) is 0.354. The van der Waals surface area contributed by atoms with E-state index in [4.69, 9.17) is 21.1 Å². The normalized spacial score (nSPS) is 37.8. The van der Waals surface area contributed by atoms with Gasteiger partial charge in [0.05, 0.1) is 24.1 Å². The van der Waals surface area contributed by atoms with Crippen LogP contribution in [0.2, 0.25) is 0 Å². The van der Waals surface area contributed by atoms with Crippen LogP contribution in [0.25, 0.3) is 5.57 Å². The molecule has 2 fully saturated rings. The first-order chi connectivity index (χ1) is 16.3. The van der Waals surface area contributed by atoms with Gasteiger partial charge in [0.25, 0.3) is 0 Å². The zero-order chi connectivity index (χ0) is 24.4. The van der Waals surface area contributed by atoms with E-state index < -0.39 is 47.3 Å². The molecule has 1 aromatic carbocycles. The van der Waals surface area contributed by atoms with Crippen LogP contribution in [0.1, 0.15) is 18.9 Å². The number of hydrogen-bond acceptors (Lipinski definition) is 8. The first-order valence-electron chi connectivity index (χ1n) is 11.6. The number of benzene rings is 1. The largest absolute Gasteiger partial charge is 0.388 e. The maximum Gasteiger partial charge on any atom is 0.240 e. The van der Waals surface area contributed by atoms with Crippen molar-refractivity contribution in [1.29, 1.82) is 0 Å². The Morgan fingerprint density at radius 1 is 1.21 bits per heavy atom. The number of carbonyl (C=O) groups excluding carboxylic acids is 1. The summed E-state index contributed by atoms with van der Waals surface area (Å²) in [6.07, 6.45) is -0.743. The Hall–Kier alpha value is -1.17. The molecule has 3 heterocycles. The first-order valence-corrected chi connectivity index (χ1v) is 13.3. The molecule has 3 aliphatic heterocycles. The fraction of sp³-hybridized carbons (Fsp3) is 0.625. The van der Waals surface area contributed by atoms with Crippen LogP contribution in [0.4, 0.5) is 0 Å². The maximum atomic E-state index is 13.3. The van der Waals surface area contributed by atoms with Crippen molar-refractivity contribution >= 4 is 34.8 Å². The van der Waals surface area contributed by atoms with Gasteiger partial charge in [-0.25, -0.2) is 0 Å². The zero-order valence-electron chi connectivity index (χ0n) is 19.2. The third kappa shape index (κ3) is 5.32. The van der Waals surface area contributed by atoms with Crippen molar-refractivity contribution in [1.82, 2.24) is 10.6 Å². The summed E-state index contributed by atoms with van der Waals surface area (Å²) < 4.78 is 11.9. The Labute approximate surface area is 209 Å². The summed E-state index contributed by atoms with van der Waals surface area (Å²) in [5.41, 5.74) is 1.61. The van der Waals surface area contributed by atoms with Crippen molar-refractivity contribution in [3.8, 4) is 0 Å². The molecule has 2 saturated heterocycles. The molecule has 0 radical (unpaired) electrons. The van der Waals surface area contributed by atoms with Crippen LogP contribution in [0, 0.1) is 5.92 Å². The van der Waals surface area contributed by atoms with E-state index >= 15 is 0 Å². The molecule has 0 aliphatic carbocycles. The Balaban J connectivity index is 1.44. The minimum absolute atomic E-state index is 0.131. The SMILES string of the molecule is CSC1O[C@H]([C@H](NC(=O)[C@H]2NC[C@@H]3CC(c4ccccc4)=CCO[C@H]32)[C@H](C)Cl)C(O)C(O)[C@H]1O. The van der Waals surface area contributed by atoms with Gasteiger partial charge in [0.2, 0.25) is 5.91 Å². The van der Waals surface area contributed by atoms with Crippen molar-refractivity contribution in [2.45, 2.75) is 66.8 Å². The standard InChI is InChI=1S/C24H33ClN2O6S/c1-12(25)16(22-19(29)18(28)20(30)24(33-22)34-2)27-23(31)17-21-15(11-26-17)10-14(8-9-32-21)13-6-4-3-5-7-13/h3-8,12,15-22,24,26,28-30H,9-11H2,1-2H3,(H,27,31)/t12-,15-,16+,17-,18?,19?,20+,21+,22+,24?/m0/s1. The number of halogens is 1. The van der Waals surface area contributed by atoms with Crippen molar-refractivity contribution in [2.75, 3.05) is 19.4 Å². The predicted molar refractivity (Wildman–Crippen MR) is 131 cm³/mol. The molecule has 5 N–H and O–H groups in total. The number of hydrogen-bond donors (Lipinski definition) is 5. The molecule has 3 unspecified atom stereocenters. The molecule has 1 amide bonds. The van der Waals surface area contributed by atoms with Gasteiger partial charge in [-0.05, 0) is 30.7 Å². The number of fused-ring (bicyclic) bond motifs is 1. The molecule has 10 heteroatoms. The van der Waals surface area contributed by atoms with E-state index in [0.29, 0.717) is 13.2 Å². The predicted octanol–water partition coefficient (Wildman–Crippen LogP) is 0.730. The van der Waals surface area contributed by atoms with Gasteiger partial charge in [0, 0.05) is 12.5 Å². The van der Waals surface area contributed by atoms with Crippen molar-refractivity contribution in [2.24, 2.45) is 5.92 Å². The highest BCUT2D eigenvalue weighted by molar-refractivity contribution is 7.99. The van der Waals surface area contributed by atoms with Gasteiger partial charge in [-0.1, -0.05) is 36.4 Å². The molecule has 10 atom stereocenters. The number of amides is 1.